The molecule has 1 aromatic carbocycles. The Morgan fingerprint density at radius 3 is 2.49 bits per heavy atom. The lowest BCUT2D eigenvalue weighted by atomic mass is 9.40. The van der Waals surface area contributed by atoms with Crippen molar-refractivity contribution >= 4 is 34.5 Å². The van der Waals surface area contributed by atoms with Crippen LogP contribution < -0.4 is 0 Å². The van der Waals surface area contributed by atoms with Gasteiger partial charge in [0.05, 0.1) is 41.6 Å². The molecule has 8 heteroatoms. The fraction of sp³-hybridized carbons (Fsp3) is 0.578. The minimum atomic E-state index is -0.875. The van der Waals surface area contributed by atoms with E-state index in [2.05, 4.69) is 57.9 Å². The van der Waals surface area contributed by atoms with E-state index in [0.717, 1.165) is 58.9 Å². The summed E-state index contributed by atoms with van der Waals surface area (Å²) in [4.78, 5) is 38.6. The average molecular weight is 722 g/mol. The van der Waals surface area contributed by atoms with E-state index in [9.17, 15) is 24.6 Å². The molecule has 8 nitrogen and oxygen atoms in total. The van der Waals surface area contributed by atoms with E-state index < -0.39 is 40.8 Å². The summed E-state index contributed by atoms with van der Waals surface area (Å²) in [6.07, 6.45) is 11.1. The summed E-state index contributed by atoms with van der Waals surface area (Å²) >= 11 is 0. The molecule has 0 bridgehead atoms. The smallest absolute Gasteiger partial charge is 0.334 e. The van der Waals surface area contributed by atoms with Gasteiger partial charge in [-0.15, -0.1) is 0 Å². The number of aliphatic hydroxyl groups is 2. The molecule has 0 saturated heterocycles. The second kappa shape index (κ2) is 11.5. The molecule has 2 aromatic rings. The van der Waals surface area contributed by atoms with E-state index in [-0.39, 0.29) is 40.4 Å². The summed E-state index contributed by atoms with van der Waals surface area (Å²) in [6.45, 7) is 21.5. The Labute approximate surface area is 313 Å². The van der Waals surface area contributed by atoms with Gasteiger partial charge >= 0.3 is 5.97 Å². The van der Waals surface area contributed by atoms with Crippen LogP contribution in [-0.2, 0) is 30.9 Å². The van der Waals surface area contributed by atoms with Crippen LogP contribution in [0.25, 0.3) is 16.5 Å². The highest BCUT2D eigenvalue weighted by molar-refractivity contribution is 6.18. The third kappa shape index (κ3) is 4.55. The highest BCUT2D eigenvalue weighted by Crippen LogP contribution is 2.71. The molecule has 3 heterocycles. The molecule has 4 aliphatic carbocycles. The Morgan fingerprint density at radius 1 is 1.11 bits per heavy atom. The van der Waals surface area contributed by atoms with Crippen LogP contribution in [0.4, 0.5) is 0 Å². The van der Waals surface area contributed by atoms with Crippen LogP contribution in [0.2, 0.25) is 0 Å². The zero-order valence-electron chi connectivity index (χ0n) is 32.8. The van der Waals surface area contributed by atoms with Crippen LogP contribution in [0.1, 0.15) is 132 Å². The molecule has 2 unspecified atom stereocenters. The molecule has 2 aliphatic heterocycles. The van der Waals surface area contributed by atoms with Gasteiger partial charge in [0, 0.05) is 45.4 Å². The van der Waals surface area contributed by atoms with Crippen LogP contribution in [0.15, 0.2) is 48.1 Å². The number of carbonyl (C=O) groups excluding carboxylic acids is 3. The summed E-state index contributed by atoms with van der Waals surface area (Å²) in [7, 11) is 1.30. The van der Waals surface area contributed by atoms with E-state index in [4.69, 9.17) is 9.47 Å². The molecular weight excluding hydrogens is 666 g/mol. The Balaban J connectivity index is 1.33. The predicted octanol–water partition coefficient (Wildman–Crippen LogP) is 7.84. The average Bonchev–Trinajstić information content (AvgIpc) is 3.74. The number of benzene rings is 1. The van der Waals surface area contributed by atoms with Crippen LogP contribution in [-0.4, -0.2) is 57.2 Å². The fourth-order valence-electron chi connectivity index (χ4n) is 12.9. The SMILES string of the molecule is C=C(C)[C@H]1C(=O)c2c3c(cc4c5c(n1c24)[C@@]1(C)C(CC[C@H]2[C@](C)(/C=C/C=C(\CC=O)C(=O)OC)[C@@H](O)CC[C@@]21C)C5)C1=CC(C)(C)OC(C)(C)C1[C@@H]3O. The summed E-state index contributed by atoms with van der Waals surface area (Å²) in [5.74, 6) is -0.379. The molecule has 53 heavy (non-hydrogen) atoms. The predicted molar refractivity (Wildman–Crippen MR) is 204 cm³/mol. The number of aliphatic hydroxyl groups excluding tert-OH is 2. The largest absolute Gasteiger partial charge is 0.466 e. The van der Waals surface area contributed by atoms with E-state index >= 15 is 0 Å². The lowest BCUT2D eigenvalue weighted by Crippen LogP contribution is -2.62. The Morgan fingerprint density at radius 2 is 1.83 bits per heavy atom. The molecule has 2 fully saturated rings. The van der Waals surface area contributed by atoms with Gasteiger partial charge in [0.1, 0.15) is 12.3 Å². The summed E-state index contributed by atoms with van der Waals surface area (Å²) in [5, 5.41) is 25.1. The van der Waals surface area contributed by atoms with Crippen LogP contribution >= 0.6 is 0 Å². The lowest BCUT2D eigenvalue weighted by molar-refractivity contribution is -0.144. The van der Waals surface area contributed by atoms with Crippen molar-refractivity contribution in [1.29, 1.82) is 0 Å². The number of rotatable bonds is 6. The standard InChI is InChI=1S/C45H55NO7/c1-23(2)35-38(50)33-32-26(29-22-41(3,4)53-42(5,6)34(29)37(32)49)21-27-28-20-25-13-14-30-43(7,17-11-12-24(16-19-47)40(51)52-10)31(48)15-18-44(30,8)45(25,9)39(28)46(35)36(27)33/h11-12,17,19,21-22,25,30-31,34-35,37,48-49H,1,13-16,18,20H2,2-10H3/b17-11+,24-12+/t25?,30-,31-,34?,35-,37+,43-,44-,45+/m0/s1. The van der Waals surface area contributed by atoms with Crippen molar-refractivity contribution in [3.05, 3.63) is 76.0 Å². The third-order valence-corrected chi connectivity index (χ3v) is 15.1. The molecule has 282 valence electrons. The summed E-state index contributed by atoms with van der Waals surface area (Å²) in [5.41, 5.74) is 5.58. The molecule has 1 aromatic heterocycles. The highest BCUT2D eigenvalue weighted by atomic mass is 16.5. The Bertz CT molecular complexity index is 2110. The number of nitrogens with zero attached hydrogens (tertiary/aromatic N) is 1. The van der Waals surface area contributed by atoms with Crippen molar-refractivity contribution in [3.8, 4) is 0 Å². The Kier molecular flexibility index (Phi) is 7.87. The van der Waals surface area contributed by atoms with Gasteiger partial charge in [-0.05, 0) is 113 Å². The van der Waals surface area contributed by atoms with Crippen molar-refractivity contribution in [3.63, 3.8) is 0 Å². The number of allylic oxidation sites excluding steroid dienone is 3. The number of aromatic nitrogens is 1. The number of Topliss-reactive ketones (excluding diaryl/α,β-unsaturated/α-hetero) is 1. The molecule has 9 atom stereocenters. The van der Waals surface area contributed by atoms with Gasteiger partial charge in [-0.25, -0.2) is 4.79 Å². The van der Waals surface area contributed by atoms with Crippen molar-refractivity contribution in [2.24, 2.45) is 28.6 Å². The molecular formula is C45H55NO7. The minimum Gasteiger partial charge on any atom is -0.466 e. The number of carbonyl (C=O) groups is 3. The van der Waals surface area contributed by atoms with Gasteiger partial charge in [0.15, 0.2) is 5.78 Å². The minimum absolute atomic E-state index is 0.00773. The van der Waals surface area contributed by atoms with Crippen molar-refractivity contribution in [2.75, 3.05) is 7.11 Å². The molecule has 0 spiro atoms. The first-order valence-electron chi connectivity index (χ1n) is 19.4. The number of aldehydes is 1. The van der Waals surface area contributed by atoms with Crippen LogP contribution in [0.5, 0.6) is 0 Å². The van der Waals surface area contributed by atoms with E-state index in [0.29, 0.717) is 24.2 Å². The van der Waals surface area contributed by atoms with Crippen molar-refractivity contribution in [1.82, 2.24) is 4.57 Å². The van der Waals surface area contributed by atoms with Crippen LogP contribution in [0, 0.1) is 28.6 Å². The van der Waals surface area contributed by atoms with Gasteiger partial charge in [0.25, 0.3) is 0 Å². The summed E-state index contributed by atoms with van der Waals surface area (Å²) < 4.78 is 13.8. The first-order chi connectivity index (χ1) is 24.8. The molecule has 2 N–H and O–H groups in total. The van der Waals surface area contributed by atoms with Crippen molar-refractivity contribution < 1.29 is 34.1 Å². The van der Waals surface area contributed by atoms with Crippen LogP contribution in [0.3, 0.4) is 0 Å². The zero-order valence-corrected chi connectivity index (χ0v) is 32.8. The topological polar surface area (TPSA) is 115 Å². The van der Waals surface area contributed by atoms with E-state index in [1.54, 1.807) is 6.08 Å². The Hall–Kier alpha value is -3.59. The normalized spacial score (nSPS) is 37.5. The van der Waals surface area contributed by atoms with Gasteiger partial charge < -0.3 is 29.0 Å². The maximum absolute atomic E-state index is 14.9. The molecule has 0 amide bonds. The first kappa shape index (κ1) is 36.4. The van der Waals surface area contributed by atoms with Gasteiger partial charge in [-0.1, -0.05) is 51.2 Å². The molecule has 6 aliphatic rings. The fourth-order valence-corrected chi connectivity index (χ4v) is 12.9. The maximum atomic E-state index is 14.9. The second-order valence-corrected chi connectivity index (χ2v) is 18.7. The lowest BCUT2D eigenvalue weighted by Gasteiger charge is -2.64. The third-order valence-electron chi connectivity index (χ3n) is 15.1. The zero-order chi connectivity index (χ0) is 38.4. The van der Waals surface area contributed by atoms with Gasteiger partial charge in [-0.3, -0.25) is 4.79 Å². The number of ether oxygens (including phenoxy) is 2. The highest BCUT2D eigenvalue weighted by Gasteiger charge is 2.67. The monoisotopic (exact) mass is 721 g/mol. The van der Waals surface area contributed by atoms with Gasteiger partial charge in [0.2, 0.25) is 0 Å². The molecule has 2 saturated carbocycles. The quantitative estimate of drug-likeness (QED) is 0.103. The number of esters is 1. The number of hydrogen-bond donors (Lipinski definition) is 2. The second-order valence-electron chi connectivity index (χ2n) is 18.7. The van der Waals surface area contributed by atoms with Gasteiger partial charge in [-0.2, -0.15) is 0 Å². The summed E-state index contributed by atoms with van der Waals surface area (Å²) in [6, 6.07) is 1.72. The molecule has 0 radical (unpaired) electrons. The number of ketones is 1. The van der Waals surface area contributed by atoms with Crippen molar-refractivity contribution in [2.45, 2.75) is 129 Å². The number of fused-ring (bicyclic) bond motifs is 11. The maximum Gasteiger partial charge on any atom is 0.334 e. The molecule has 8 rings (SSSR count). The van der Waals surface area contributed by atoms with E-state index in [1.807, 2.05) is 32.9 Å². The number of methoxy groups -OCH3 is 1. The van der Waals surface area contributed by atoms with E-state index in [1.165, 1.54) is 18.4 Å². The first-order valence-corrected chi connectivity index (χ1v) is 19.4. The number of hydrogen-bond acceptors (Lipinski definition) is 7.